The largest absolute Gasteiger partial charge is 0.392 e. The van der Waals surface area contributed by atoms with E-state index in [1.165, 1.54) is 0 Å². The van der Waals surface area contributed by atoms with Gasteiger partial charge in [0.15, 0.2) is 6.29 Å². The molecule has 0 aromatic rings. The Balaban J connectivity index is 4.71. The Kier molecular flexibility index (Phi) is 6.53. The van der Waals surface area contributed by atoms with Crippen molar-refractivity contribution in [2.75, 3.05) is 0 Å². The van der Waals surface area contributed by atoms with Crippen LogP contribution in [0.4, 0.5) is 0 Å². The summed E-state index contributed by atoms with van der Waals surface area (Å²) < 4.78 is 11.5. The number of aliphatic hydroxyl groups excluding tert-OH is 1. The van der Waals surface area contributed by atoms with Crippen molar-refractivity contribution in [3.05, 3.63) is 0 Å². The van der Waals surface area contributed by atoms with Crippen LogP contribution < -0.4 is 0 Å². The second-order valence-electron chi connectivity index (χ2n) is 5.45. The topological polar surface area (TPSA) is 38.7 Å². The molecule has 0 aromatic heterocycles. The van der Waals surface area contributed by atoms with E-state index in [-0.39, 0.29) is 18.5 Å². The van der Waals surface area contributed by atoms with Crippen LogP contribution in [0, 0.1) is 5.41 Å². The zero-order valence-corrected chi connectivity index (χ0v) is 11.8. The summed E-state index contributed by atoms with van der Waals surface area (Å²) >= 11 is 0. The van der Waals surface area contributed by atoms with Gasteiger partial charge in [-0.2, -0.15) is 0 Å². The summed E-state index contributed by atoms with van der Waals surface area (Å²) in [6, 6.07) is 0. The zero-order chi connectivity index (χ0) is 12.9. The average molecular weight is 232 g/mol. The van der Waals surface area contributed by atoms with E-state index >= 15 is 0 Å². The van der Waals surface area contributed by atoms with E-state index in [2.05, 4.69) is 0 Å². The third-order valence-corrected chi connectivity index (χ3v) is 2.64. The highest BCUT2D eigenvalue weighted by Gasteiger charge is 2.38. The van der Waals surface area contributed by atoms with E-state index in [1.807, 2.05) is 48.5 Å². The van der Waals surface area contributed by atoms with Gasteiger partial charge in [0.2, 0.25) is 0 Å². The lowest BCUT2D eigenvalue weighted by Crippen LogP contribution is -2.45. The summed E-state index contributed by atoms with van der Waals surface area (Å²) in [5.74, 6) is 0. The Labute approximate surface area is 100 Å². The molecular weight excluding hydrogens is 204 g/mol. The Hall–Kier alpha value is -0.120. The van der Waals surface area contributed by atoms with Crippen LogP contribution >= 0.6 is 0 Å². The van der Waals surface area contributed by atoms with E-state index in [9.17, 15) is 5.11 Å². The molecule has 0 fully saturated rings. The Bertz CT molecular complexity index is 178. The second kappa shape index (κ2) is 6.58. The predicted molar refractivity (Wildman–Crippen MR) is 66.3 cm³/mol. The van der Waals surface area contributed by atoms with Crippen molar-refractivity contribution < 1.29 is 14.6 Å². The fraction of sp³-hybridized carbons (Fsp3) is 1.00. The fourth-order valence-corrected chi connectivity index (χ4v) is 1.56. The van der Waals surface area contributed by atoms with Crippen LogP contribution in [0.1, 0.15) is 54.9 Å². The summed E-state index contributed by atoms with van der Waals surface area (Å²) in [5, 5.41) is 10.0. The Morgan fingerprint density at radius 2 is 1.38 bits per heavy atom. The van der Waals surface area contributed by atoms with Crippen molar-refractivity contribution in [1.29, 1.82) is 0 Å². The summed E-state index contributed by atoms with van der Waals surface area (Å²) in [7, 11) is 0. The van der Waals surface area contributed by atoms with E-state index in [0.717, 1.165) is 0 Å². The first kappa shape index (κ1) is 15.9. The van der Waals surface area contributed by atoms with Gasteiger partial charge in [-0.05, 0) is 34.1 Å². The maximum Gasteiger partial charge on any atom is 0.165 e. The highest BCUT2D eigenvalue weighted by Crippen LogP contribution is 2.31. The lowest BCUT2D eigenvalue weighted by molar-refractivity contribution is -0.250. The molecule has 1 atom stereocenters. The van der Waals surface area contributed by atoms with Crippen molar-refractivity contribution >= 4 is 0 Å². The SMILES string of the molecule is CC[C@H](O)C(C)(C)C(OC(C)C)OC(C)C. The first-order chi connectivity index (χ1) is 7.21. The van der Waals surface area contributed by atoms with E-state index < -0.39 is 11.5 Å². The first-order valence-electron chi connectivity index (χ1n) is 6.20. The van der Waals surface area contributed by atoms with Crippen molar-refractivity contribution in [2.45, 2.75) is 79.5 Å². The molecule has 0 unspecified atom stereocenters. The molecule has 0 spiro atoms. The Morgan fingerprint density at radius 3 is 1.62 bits per heavy atom. The molecule has 0 aliphatic carbocycles. The molecule has 16 heavy (non-hydrogen) atoms. The minimum Gasteiger partial charge on any atom is -0.392 e. The van der Waals surface area contributed by atoms with Gasteiger partial charge in [0.05, 0.1) is 18.3 Å². The van der Waals surface area contributed by atoms with Gasteiger partial charge in [-0.1, -0.05) is 20.8 Å². The Morgan fingerprint density at radius 1 is 1.00 bits per heavy atom. The van der Waals surface area contributed by atoms with Gasteiger partial charge in [-0.25, -0.2) is 0 Å². The van der Waals surface area contributed by atoms with Gasteiger partial charge >= 0.3 is 0 Å². The third kappa shape index (κ3) is 4.81. The van der Waals surface area contributed by atoms with Gasteiger partial charge in [0, 0.05) is 5.41 Å². The highest BCUT2D eigenvalue weighted by molar-refractivity contribution is 4.81. The van der Waals surface area contributed by atoms with E-state index in [1.54, 1.807) is 0 Å². The molecule has 0 saturated heterocycles. The highest BCUT2D eigenvalue weighted by atomic mass is 16.7. The van der Waals surface area contributed by atoms with Crippen molar-refractivity contribution in [3.63, 3.8) is 0 Å². The molecule has 0 saturated carbocycles. The molecule has 0 aliphatic rings. The maximum atomic E-state index is 10.0. The third-order valence-electron chi connectivity index (χ3n) is 2.64. The number of hydrogen-bond donors (Lipinski definition) is 1. The molecule has 3 heteroatoms. The zero-order valence-electron chi connectivity index (χ0n) is 11.8. The smallest absolute Gasteiger partial charge is 0.165 e. The van der Waals surface area contributed by atoms with Gasteiger partial charge < -0.3 is 14.6 Å². The molecule has 1 N–H and O–H groups in total. The van der Waals surface area contributed by atoms with Crippen molar-refractivity contribution in [2.24, 2.45) is 5.41 Å². The van der Waals surface area contributed by atoms with Crippen LogP contribution in [0.5, 0.6) is 0 Å². The quantitative estimate of drug-likeness (QED) is 0.686. The number of rotatable bonds is 7. The van der Waals surface area contributed by atoms with Gasteiger partial charge in [-0.15, -0.1) is 0 Å². The van der Waals surface area contributed by atoms with Gasteiger partial charge in [0.1, 0.15) is 0 Å². The molecule has 0 aromatic carbocycles. The van der Waals surface area contributed by atoms with Crippen LogP contribution in [-0.2, 0) is 9.47 Å². The number of aliphatic hydroxyl groups is 1. The number of hydrogen-bond acceptors (Lipinski definition) is 3. The van der Waals surface area contributed by atoms with Gasteiger partial charge in [-0.3, -0.25) is 0 Å². The maximum absolute atomic E-state index is 10.0. The fourth-order valence-electron chi connectivity index (χ4n) is 1.56. The summed E-state index contributed by atoms with van der Waals surface area (Å²) in [6.45, 7) is 13.8. The molecule has 0 rings (SSSR count). The standard InChI is InChI=1S/C13H28O3/c1-8-11(14)13(6,7)12(15-9(2)3)16-10(4)5/h9-12,14H,8H2,1-7H3/t11-/m0/s1. The van der Waals surface area contributed by atoms with Gasteiger partial charge in [0.25, 0.3) is 0 Å². The van der Waals surface area contributed by atoms with E-state index in [0.29, 0.717) is 6.42 Å². The summed E-state index contributed by atoms with van der Waals surface area (Å²) in [6.07, 6.45) is 0.0866. The monoisotopic (exact) mass is 232 g/mol. The molecule has 0 radical (unpaired) electrons. The van der Waals surface area contributed by atoms with E-state index in [4.69, 9.17) is 9.47 Å². The molecule has 3 nitrogen and oxygen atoms in total. The van der Waals surface area contributed by atoms with Crippen LogP contribution in [0.25, 0.3) is 0 Å². The van der Waals surface area contributed by atoms with Crippen LogP contribution in [0.3, 0.4) is 0 Å². The average Bonchev–Trinajstić information content (AvgIpc) is 2.13. The molecular formula is C13H28O3. The minimum atomic E-state index is -0.421. The normalized spacial score (nSPS) is 15.2. The summed E-state index contributed by atoms with van der Waals surface area (Å²) in [4.78, 5) is 0. The lowest BCUT2D eigenvalue weighted by atomic mass is 9.84. The second-order valence-corrected chi connectivity index (χ2v) is 5.45. The van der Waals surface area contributed by atoms with Crippen molar-refractivity contribution in [1.82, 2.24) is 0 Å². The molecule has 0 aliphatic heterocycles. The lowest BCUT2D eigenvalue weighted by Gasteiger charge is -2.39. The summed E-state index contributed by atoms with van der Waals surface area (Å²) in [5.41, 5.74) is -0.400. The number of ether oxygens (including phenoxy) is 2. The van der Waals surface area contributed by atoms with Crippen molar-refractivity contribution in [3.8, 4) is 0 Å². The minimum absolute atomic E-state index is 0.0899. The predicted octanol–water partition coefficient (Wildman–Crippen LogP) is 2.96. The first-order valence-corrected chi connectivity index (χ1v) is 6.20. The molecule has 0 bridgehead atoms. The molecule has 0 heterocycles. The molecule has 98 valence electrons. The molecule has 0 amide bonds. The van der Waals surface area contributed by atoms with Crippen LogP contribution in [0.15, 0.2) is 0 Å². The van der Waals surface area contributed by atoms with Crippen LogP contribution in [0.2, 0.25) is 0 Å². The van der Waals surface area contributed by atoms with Crippen LogP contribution in [-0.4, -0.2) is 29.7 Å².